The minimum atomic E-state index is -0.821. The number of ether oxygens (including phenoxy) is 2. The molecule has 0 unspecified atom stereocenters. The Morgan fingerprint density at radius 1 is 1.22 bits per heavy atom. The summed E-state index contributed by atoms with van der Waals surface area (Å²) in [5.74, 6) is -2.10. The highest BCUT2D eigenvalue weighted by atomic mass is 16.6. The van der Waals surface area contributed by atoms with Crippen molar-refractivity contribution in [1.82, 2.24) is 0 Å². The van der Waals surface area contributed by atoms with E-state index in [9.17, 15) is 24.5 Å². The zero-order valence-electron chi connectivity index (χ0n) is 17.9. The first-order chi connectivity index (χ1) is 15.2. The number of nitrogens with one attached hydrogen (secondary N) is 1. The van der Waals surface area contributed by atoms with Gasteiger partial charge >= 0.3 is 5.97 Å². The van der Waals surface area contributed by atoms with E-state index in [1.54, 1.807) is 6.92 Å². The van der Waals surface area contributed by atoms with E-state index in [1.807, 2.05) is 4.90 Å². The number of anilines is 2. The first-order valence-electron chi connectivity index (χ1n) is 9.98. The van der Waals surface area contributed by atoms with Crippen molar-refractivity contribution >= 4 is 34.9 Å². The van der Waals surface area contributed by atoms with Crippen LogP contribution in [0.2, 0.25) is 0 Å². The molecule has 1 fully saturated rings. The molecular weight excluding hydrogens is 422 g/mol. The molecule has 0 aliphatic carbocycles. The fraction of sp³-hybridized carbons (Fsp3) is 0.381. The van der Waals surface area contributed by atoms with Crippen molar-refractivity contribution in [2.75, 3.05) is 43.1 Å². The molecule has 2 heterocycles. The van der Waals surface area contributed by atoms with Crippen LogP contribution in [0.4, 0.5) is 17.3 Å². The van der Waals surface area contributed by atoms with Gasteiger partial charge in [0, 0.05) is 24.7 Å². The number of hydrogen-bond acceptors (Lipinski definition) is 9. The van der Waals surface area contributed by atoms with Crippen molar-refractivity contribution in [1.29, 1.82) is 0 Å². The largest absolute Gasteiger partial charge is 0.462 e. The molecule has 0 spiro atoms. The molecule has 170 valence electrons. The van der Waals surface area contributed by atoms with Gasteiger partial charge in [-0.1, -0.05) is 0 Å². The second-order valence-corrected chi connectivity index (χ2v) is 7.03. The third-order valence-electron chi connectivity index (χ3n) is 4.93. The predicted molar refractivity (Wildman–Crippen MR) is 113 cm³/mol. The number of rotatable bonds is 7. The predicted octanol–water partition coefficient (Wildman–Crippen LogP) is 2.96. The van der Waals surface area contributed by atoms with Crippen LogP contribution in [0.3, 0.4) is 0 Å². The van der Waals surface area contributed by atoms with Crippen molar-refractivity contribution in [3.63, 3.8) is 0 Å². The summed E-state index contributed by atoms with van der Waals surface area (Å²) in [4.78, 5) is 50.1. The minimum absolute atomic E-state index is 0.00685. The number of carbonyl (C=O) groups is 3. The van der Waals surface area contributed by atoms with E-state index >= 15 is 0 Å². The molecule has 1 amide bonds. The van der Waals surface area contributed by atoms with Gasteiger partial charge in [0.05, 0.1) is 30.3 Å². The monoisotopic (exact) mass is 445 g/mol. The number of aryl methyl sites for hydroxylation is 1. The van der Waals surface area contributed by atoms with Gasteiger partial charge in [-0.25, -0.2) is 4.79 Å². The number of nitro groups is 1. The molecular formula is C21H23N3O8. The van der Waals surface area contributed by atoms with E-state index in [0.717, 1.165) is 6.07 Å². The van der Waals surface area contributed by atoms with Gasteiger partial charge < -0.3 is 18.8 Å². The van der Waals surface area contributed by atoms with E-state index in [-0.39, 0.29) is 40.6 Å². The standard InChI is InChI=1S/C21H23N3O8/c1-4-31-21(27)18-17(12(2)25)13(3)32-20(18)22-19(26)14-5-6-15(16(11-14)24(28)29)23-7-9-30-10-8-23/h5-6,11H,4,7-10H2,1-3H3,(H,22,26). The molecule has 0 radical (unpaired) electrons. The number of amides is 1. The molecule has 1 aliphatic heterocycles. The van der Waals surface area contributed by atoms with E-state index in [1.165, 1.54) is 26.0 Å². The molecule has 0 saturated carbocycles. The maximum absolute atomic E-state index is 12.8. The fourth-order valence-corrected chi connectivity index (χ4v) is 3.51. The SMILES string of the molecule is CCOC(=O)c1c(NC(=O)c2ccc(N3CCOCC3)c([N+](=O)[O-])c2)oc(C)c1C(C)=O. The molecule has 11 heteroatoms. The summed E-state index contributed by atoms with van der Waals surface area (Å²) in [6, 6.07) is 4.10. The van der Waals surface area contributed by atoms with Crippen LogP contribution >= 0.6 is 0 Å². The molecule has 0 bridgehead atoms. The molecule has 32 heavy (non-hydrogen) atoms. The Hall–Kier alpha value is -3.73. The van der Waals surface area contributed by atoms with Crippen molar-refractivity contribution in [2.24, 2.45) is 0 Å². The number of esters is 1. The first-order valence-corrected chi connectivity index (χ1v) is 9.98. The van der Waals surface area contributed by atoms with E-state index in [2.05, 4.69) is 5.32 Å². The average molecular weight is 445 g/mol. The summed E-state index contributed by atoms with van der Waals surface area (Å²) in [7, 11) is 0. The molecule has 1 aromatic carbocycles. The highest BCUT2D eigenvalue weighted by Gasteiger charge is 2.30. The molecule has 2 aromatic rings. The van der Waals surface area contributed by atoms with Crippen LogP contribution in [-0.2, 0) is 9.47 Å². The lowest BCUT2D eigenvalue weighted by atomic mass is 10.1. The number of hydrogen-bond donors (Lipinski definition) is 1. The summed E-state index contributed by atoms with van der Waals surface area (Å²) in [5.41, 5.74) is -0.0426. The first kappa shape index (κ1) is 22.9. The Balaban J connectivity index is 1.94. The maximum Gasteiger partial charge on any atom is 0.344 e. The molecule has 1 aliphatic rings. The second-order valence-electron chi connectivity index (χ2n) is 7.03. The Labute approximate surface area is 183 Å². The van der Waals surface area contributed by atoms with Gasteiger partial charge in [-0.05, 0) is 32.9 Å². The molecule has 0 atom stereocenters. The Kier molecular flexibility index (Phi) is 6.89. The highest BCUT2D eigenvalue weighted by molar-refractivity contribution is 6.12. The third kappa shape index (κ3) is 4.62. The Morgan fingerprint density at radius 3 is 2.50 bits per heavy atom. The van der Waals surface area contributed by atoms with E-state index < -0.39 is 22.6 Å². The van der Waals surface area contributed by atoms with Gasteiger partial charge in [-0.15, -0.1) is 0 Å². The molecule has 11 nitrogen and oxygen atoms in total. The summed E-state index contributed by atoms with van der Waals surface area (Å²) in [5, 5.41) is 14.1. The summed E-state index contributed by atoms with van der Waals surface area (Å²) < 4.78 is 15.7. The van der Waals surface area contributed by atoms with E-state index in [0.29, 0.717) is 32.0 Å². The van der Waals surface area contributed by atoms with Gasteiger partial charge in [-0.3, -0.25) is 25.0 Å². The number of furan rings is 1. The van der Waals surface area contributed by atoms with Crippen LogP contribution in [0.15, 0.2) is 22.6 Å². The van der Waals surface area contributed by atoms with Crippen LogP contribution in [-0.4, -0.2) is 55.5 Å². The van der Waals surface area contributed by atoms with Crippen molar-refractivity contribution in [3.05, 3.63) is 50.8 Å². The van der Waals surface area contributed by atoms with Crippen molar-refractivity contribution < 1.29 is 33.2 Å². The van der Waals surface area contributed by atoms with Crippen LogP contribution < -0.4 is 10.2 Å². The lowest BCUT2D eigenvalue weighted by Gasteiger charge is -2.28. The molecule has 1 aromatic heterocycles. The van der Waals surface area contributed by atoms with Gasteiger partial charge in [0.15, 0.2) is 5.78 Å². The lowest BCUT2D eigenvalue weighted by molar-refractivity contribution is -0.384. The number of nitro benzene ring substituents is 1. The number of carbonyl (C=O) groups excluding carboxylic acids is 3. The van der Waals surface area contributed by atoms with Gasteiger partial charge in [0.25, 0.3) is 11.6 Å². The van der Waals surface area contributed by atoms with Crippen LogP contribution in [0.25, 0.3) is 0 Å². The van der Waals surface area contributed by atoms with Gasteiger partial charge in [0.2, 0.25) is 5.88 Å². The second kappa shape index (κ2) is 9.60. The number of nitrogens with zero attached hydrogens (tertiary/aromatic N) is 2. The number of Topliss-reactive ketones (excluding diaryl/α,β-unsaturated/α-hetero) is 1. The van der Waals surface area contributed by atoms with Gasteiger partial charge in [-0.2, -0.15) is 0 Å². The normalized spacial score (nSPS) is 13.5. The lowest BCUT2D eigenvalue weighted by Crippen LogP contribution is -2.36. The van der Waals surface area contributed by atoms with Crippen LogP contribution in [0.5, 0.6) is 0 Å². The third-order valence-corrected chi connectivity index (χ3v) is 4.93. The van der Waals surface area contributed by atoms with Crippen molar-refractivity contribution in [3.8, 4) is 0 Å². The molecule has 3 rings (SSSR count). The quantitative estimate of drug-likeness (QED) is 0.295. The fourth-order valence-electron chi connectivity index (χ4n) is 3.51. The van der Waals surface area contributed by atoms with Crippen LogP contribution in [0, 0.1) is 17.0 Å². The minimum Gasteiger partial charge on any atom is -0.462 e. The number of benzene rings is 1. The number of ketones is 1. The topological polar surface area (TPSA) is 141 Å². The highest BCUT2D eigenvalue weighted by Crippen LogP contribution is 2.32. The summed E-state index contributed by atoms with van der Waals surface area (Å²) in [6.45, 7) is 6.30. The maximum atomic E-state index is 12.8. The zero-order valence-corrected chi connectivity index (χ0v) is 17.9. The Bertz CT molecular complexity index is 1070. The summed E-state index contributed by atoms with van der Waals surface area (Å²) >= 11 is 0. The van der Waals surface area contributed by atoms with Gasteiger partial charge in [0.1, 0.15) is 17.0 Å². The Morgan fingerprint density at radius 2 is 1.91 bits per heavy atom. The average Bonchev–Trinajstić information content (AvgIpc) is 3.09. The zero-order chi connectivity index (χ0) is 23.4. The van der Waals surface area contributed by atoms with E-state index in [4.69, 9.17) is 13.9 Å². The smallest absolute Gasteiger partial charge is 0.344 e. The summed E-state index contributed by atoms with van der Waals surface area (Å²) in [6.07, 6.45) is 0. The molecule has 1 N–H and O–H groups in total. The van der Waals surface area contributed by atoms with Crippen LogP contribution in [0.1, 0.15) is 50.7 Å². The molecule has 1 saturated heterocycles. The number of morpholine rings is 1. The van der Waals surface area contributed by atoms with Crippen molar-refractivity contribution in [2.45, 2.75) is 20.8 Å².